The molecule has 2 nitrogen and oxygen atoms in total. The summed E-state index contributed by atoms with van der Waals surface area (Å²) in [6.07, 6.45) is 1.48. The Hall–Kier alpha value is -1.00. The van der Waals surface area contributed by atoms with Crippen molar-refractivity contribution in [2.24, 2.45) is 17.2 Å². The first-order valence-electron chi connectivity index (χ1n) is 6.64. The van der Waals surface area contributed by atoms with Crippen molar-refractivity contribution in [2.75, 3.05) is 0 Å². The minimum atomic E-state index is -0.816. The third kappa shape index (κ3) is 4.88. The summed E-state index contributed by atoms with van der Waals surface area (Å²) in [7, 11) is 0. The summed E-state index contributed by atoms with van der Waals surface area (Å²) in [5, 5.41) is 0. The van der Waals surface area contributed by atoms with Crippen molar-refractivity contribution in [1.29, 1.82) is 0 Å². The zero-order chi connectivity index (χ0) is 14.6. The van der Waals surface area contributed by atoms with E-state index in [1.54, 1.807) is 6.07 Å². The second-order valence-corrected chi connectivity index (χ2v) is 6.32. The van der Waals surface area contributed by atoms with Crippen molar-refractivity contribution in [2.45, 2.75) is 46.6 Å². The van der Waals surface area contributed by atoms with Crippen molar-refractivity contribution in [3.8, 4) is 0 Å². The molecule has 3 N–H and O–H groups in total. The van der Waals surface area contributed by atoms with Crippen LogP contribution in [-0.4, -0.2) is 6.04 Å². The normalized spacial score (nSPS) is 15.3. The summed E-state index contributed by atoms with van der Waals surface area (Å²) >= 11 is 0. The van der Waals surface area contributed by atoms with Crippen LogP contribution < -0.4 is 11.3 Å². The molecule has 0 fully saturated rings. The third-order valence-electron chi connectivity index (χ3n) is 3.82. The molecule has 1 aromatic rings. The zero-order valence-electron chi connectivity index (χ0n) is 12.1. The van der Waals surface area contributed by atoms with Crippen molar-refractivity contribution < 1.29 is 8.78 Å². The van der Waals surface area contributed by atoms with Crippen LogP contribution in [-0.2, 0) is 6.42 Å². The highest BCUT2D eigenvalue weighted by molar-refractivity contribution is 5.18. The Bertz CT molecular complexity index is 413. The number of hydrogen-bond acceptors (Lipinski definition) is 2. The molecule has 0 heterocycles. The van der Waals surface area contributed by atoms with E-state index in [-0.39, 0.29) is 11.5 Å². The van der Waals surface area contributed by atoms with Gasteiger partial charge in [0.25, 0.3) is 0 Å². The van der Waals surface area contributed by atoms with Crippen LogP contribution in [0.2, 0.25) is 0 Å². The van der Waals surface area contributed by atoms with Gasteiger partial charge in [-0.2, -0.15) is 0 Å². The number of benzene rings is 1. The summed E-state index contributed by atoms with van der Waals surface area (Å²) in [5.41, 5.74) is 3.72. The molecule has 19 heavy (non-hydrogen) atoms. The minimum absolute atomic E-state index is 0.0547. The number of hydrazine groups is 1. The van der Waals surface area contributed by atoms with Crippen molar-refractivity contribution in [3.05, 3.63) is 35.4 Å². The van der Waals surface area contributed by atoms with Crippen LogP contribution in [0.5, 0.6) is 0 Å². The Morgan fingerprint density at radius 1 is 1.21 bits per heavy atom. The van der Waals surface area contributed by atoms with Crippen LogP contribution in [0.25, 0.3) is 0 Å². The molecule has 0 saturated carbocycles. The highest BCUT2D eigenvalue weighted by Crippen LogP contribution is 2.29. The van der Waals surface area contributed by atoms with Crippen LogP contribution in [0.1, 0.15) is 39.7 Å². The van der Waals surface area contributed by atoms with Crippen molar-refractivity contribution >= 4 is 0 Å². The van der Waals surface area contributed by atoms with Crippen LogP contribution in [0.3, 0.4) is 0 Å². The first-order valence-corrected chi connectivity index (χ1v) is 6.64. The molecule has 0 bridgehead atoms. The van der Waals surface area contributed by atoms with Gasteiger partial charge in [-0.05, 0) is 41.9 Å². The molecule has 0 saturated heterocycles. The van der Waals surface area contributed by atoms with E-state index in [9.17, 15) is 8.78 Å². The molecule has 2 unspecified atom stereocenters. The maximum atomic E-state index is 13.2. The molecule has 0 aromatic heterocycles. The lowest BCUT2D eigenvalue weighted by Gasteiger charge is -2.30. The van der Waals surface area contributed by atoms with Crippen LogP contribution in [0.4, 0.5) is 8.78 Å². The van der Waals surface area contributed by atoms with E-state index < -0.39 is 11.6 Å². The molecule has 0 amide bonds. The van der Waals surface area contributed by atoms with Gasteiger partial charge in [0.1, 0.15) is 0 Å². The summed E-state index contributed by atoms with van der Waals surface area (Å²) in [4.78, 5) is 0. The summed E-state index contributed by atoms with van der Waals surface area (Å²) in [5.74, 6) is 4.41. The van der Waals surface area contributed by atoms with E-state index in [1.807, 2.05) is 0 Å². The number of nitrogens with two attached hydrogens (primary N) is 1. The average molecular weight is 270 g/mol. The molecule has 0 aliphatic carbocycles. The molecule has 0 aliphatic rings. The second-order valence-electron chi connectivity index (χ2n) is 6.32. The smallest absolute Gasteiger partial charge is 0.159 e. The Kier molecular flexibility index (Phi) is 5.44. The van der Waals surface area contributed by atoms with Crippen molar-refractivity contribution in [1.82, 2.24) is 5.43 Å². The predicted molar refractivity (Wildman–Crippen MR) is 74.4 cm³/mol. The maximum absolute atomic E-state index is 13.2. The van der Waals surface area contributed by atoms with E-state index in [2.05, 4.69) is 33.1 Å². The summed E-state index contributed by atoms with van der Waals surface area (Å²) in [6.45, 7) is 8.73. The lowest BCUT2D eigenvalue weighted by Crippen LogP contribution is -2.39. The van der Waals surface area contributed by atoms with Gasteiger partial charge in [-0.1, -0.05) is 33.8 Å². The standard InChI is InChI=1S/C15H24F2N2/c1-10(15(2,3)4)7-12(19-18)8-11-5-6-13(16)14(17)9-11/h5-6,9-10,12,19H,7-8,18H2,1-4H3. The first kappa shape index (κ1) is 16.1. The molecule has 2 atom stereocenters. The SMILES string of the molecule is CC(CC(Cc1ccc(F)c(F)c1)NN)C(C)(C)C. The highest BCUT2D eigenvalue weighted by atomic mass is 19.2. The van der Waals surface area contributed by atoms with Gasteiger partial charge in [-0.3, -0.25) is 11.3 Å². The lowest BCUT2D eigenvalue weighted by atomic mass is 9.78. The Morgan fingerprint density at radius 2 is 1.84 bits per heavy atom. The Morgan fingerprint density at radius 3 is 2.32 bits per heavy atom. The molecule has 4 heteroatoms. The number of hydrogen-bond donors (Lipinski definition) is 2. The molecule has 0 aliphatic heterocycles. The van der Waals surface area contributed by atoms with E-state index in [0.29, 0.717) is 12.3 Å². The molecule has 0 radical (unpaired) electrons. The third-order valence-corrected chi connectivity index (χ3v) is 3.82. The van der Waals surface area contributed by atoms with Crippen LogP contribution in [0, 0.1) is 23.0 Å². The van der Waals surface area contributed by atoms with Crippen LogP contribution in [0.15, 0.2) is 18.2 Å². The van der Waals surface area contributed by atoms with E-state index in [1.165, 1.54) is 6.07 Å². The highest BCUT2D eigenvalue weighted by Gasteiger charge is 2.23. The second kappa shape index (κ2) is 6.44. The first-order chi connectivity index (χ1) is 8.74. The van der Waals surface area contributed by atoms with E-state index in [4.69, 9.17) is 5.84 Å². The fourth-order valence-electron chi connectivity index (χ4n) is 1.94. The monoisotopic (exact) mass is 270 g/mol. The van der Waals surface area contributed by atoms with Gasteiger partial charge in [-0.15, -0.1) is 0 Å². The predicted octanol–water partition coefficient (Wildman–Crippen LogP) is 3.41. The number of halogens is 2. The quantitative estimate of drug-likeness (QED) is 0.635. The molecule has 1 aromatic carbocycles. The van der Waals surface area contributed by atoms with Crippen LogP contribution >= 0.6 is 0 Å². The van der Waals surface area contributed by atoms with Crippen molar-refractivity contribution in [3.63, 3.8) is 0 Å². The Balaban J connectivity index is 2.69. The van der Waals surface area contributed by atoms with Gasteiger partial charge >= 0.3 is 0 Å². The van der Waals surface area contributed by atoms with Gasteiger partial charge in [0.05, 0.1) is 0 Å². The summed E-state index contributed by atoms with van der Waals surface area (Å²) < 4.78 is 26.0. The topological polar surface area (TPSA) is 38.0 Å². The van der Waals surface area contributed by atoms with E-state index in [0.717, 1.165) is 18.1 Å². The number of rotatable bonds is 5. The minimum Gasteiger partial charge on any atom is -0.271 e. The Labute approximate surface area is 114 Å². The average Bonchev–Trinajstić information content (AvgIpc) is 2.31. The largest absolute Gasteiger partial charge is 0.271 e. The molecule has 108 valence electrons. The maximum Gasteiger partial charge on any atom is 0.159 e. The zero-order valence-corrected chi connectivity index (χ0v) is 12.1. The molecular weight excluding hydrogens is 246 g/mol. The van der Waals surface area contributed by atoms with Gasteiger partial charge in [0, 0.05) is 6.04 Å². The van der Waals surface area contributed by atoms with Gasteiger partial charge in [0.2, 0.25) is 0 Å². The number of nitrogens with one attached hydrogen (secondary N) is 1. The van der Waals surface area contributed by atoms with Gasteiger partial charge in [0.15, 0.2) is 11.6 Å². The molecule has 0 spiro atoms. The lowest BCUT2D eigenvalue weighted by molar-refractivity contribution is 0.222. The van der Waals surface area contributed by atoms with E-state index >= 15 is 0 Å². The molecular formula is C15H24F2N2. The summed E-state index contributed by atoms with van der Waals surface area (Å²) in [6, 6.07) is 4.05. The van der Waals surface area contributed by atoms with Gasteiger partial charge < -0.3 is 0 Å². The molecule has 1 rings (SSSR count). The van der Waals surface area contributed by atoms with Gasteiger partial charge in [-0.25, -0.2) is 8.78 Å². The fourth-order valence-corrected chi connectivity index (χ4v) is 1.94. The fraction of sp³-hybridized carbons (Fsp3) is 0.600.